The monoisotopic (exact) mass is 565 g/mol. The molecule has 6 nitrogen and oxygen atoms in total. The molecule has 1 amide bonds. The van der Waals surface area contributed by atoms with Crippen LogP contribution < -0.4 is 10.2 Å². The van der Waals surface area contributed by atoms with Crippen molar-refractivity contribution in [1.82, 2.24) is 15.1 Å². The van der Waals surface area contributed by atoms with Gasteiger partial charge in [0.2, 0.25) is 5.91 Å². The van der Waals surface area contributed by atoms with E-state index in [9.17, 15) is 9.18 Å². The number of guanidine groups is 1. The fourth-order valence-corrected chi connectivity index (χ4v) is 4.51. The molecule has 33 heavy (non-hydrogen) atoms. The van der Waals surface area contributed by atoms with Crippen LogP contribution in [0.5, 0.6) is 0 Å². The highest BCUT2D eigenvalue weighted by molar-refractivity contribution is 14.0. The van der Waals surface area contributed by atoms with E-state index in [4.69, 9.17) is 0 Å². The molecule has 0 radical (unpaired) electrons. The van der Waals surface area contributed by atoms with Crippen LogP contribution in [0.2, 0.25) is 0 Å². The Labute approximate surface area is 212 Å². The molecule has 0 bridgehead atoms. The lowest BCUT2D eigenvalue weighted by molar-refractivity contribution is -0.132. The topological polar surface area (TPSA) is 51.2 Å². The maximum absolute atomic E-state index is 14.1. The molecular weight excluding hydrogens is 532 g/mol. The number of fused-ring (bicyclic) bond motifs is 1. The number of aliphatic imine (C=N–C) groups is 1. The highest BCUT2D eigenvalue weighted by atomic mass is 127. The molecule has 1 fully saturated rings. The van der Waals surface area contributed by atoms with Crippen molar-refractivity contribution >= 4 is 41.5 Å². The number of hydrogen-bond donors (Lipinski definition) is 1. The van der Waals surface area contributed by atoms with Gasteiger partial charge in [-0.15, -0.1) is 24.0 Å². The van der Waals surface area contributed by atoms with E-state index in [2.05, 4.69) is 38.3 Å². The van der Waals surface area contributed by atoms with Gasteiger partial charge in [0, 0.05) is 59.3 Å². The summed E-state index contributed by atoms with van der Waals surface area (Å²) in [7, 11) is 1.78. The molecule has 1 saturated heterocycles. The zero-order valence-electron chi connectivity index (χ0n) is 19.2. The van der Waals surface area contributed by atoms with Gasteiger partial charge in [-0.1, -0.05) is 36.4 Å². The van der Waals surface area contributed by atoms with Crippen molar-refractivity contribution < 1.29 is 9.18 Å². The van der Waals surface area contributed by atoms with Crippen LogP contribution in [0.4, 0.5) is 10.1 Å². The van der Waals surface area contributed by atoms with Crippen molar-refractivity contribution in [3.8, 4) is 0 Å². The second-order valence-corrected chi connectivity index (χ2v) is 8.34. The first-order valence-electron chi connectivity index (χ1n) is 11.5. The van der Waals surface area contributed by atoms with Gasteiger partial charge >= 0.3 is 0 Å². The van der Waals surface area contributed by atoms with Crippen LogP contribution in [0.25, 0.3) is 0 Å². The van der Waals surface area contributed by atoms with Crippen LogP contribution in [-0.4, -0.2) is 68.0 Å². The van der Waals surface area contributed by atoms with Crippen molar-refractivity contribution in [2.75, 3.05) is 51.2 Å². The van der Waals surface area contributed by atoms with E-state index < -0.39 is 0 Å². The summed E-state index contributed by atoms with van der Waals surface area (Å²) in [5, 5.41) is 3.39. The number of carbonyl (C=O) groups excluding carboxylic acids is 1. The number of benzene rings is 2. The third-order valence-corrected chi connectivity index (χ3v) is 6.32. The number of para-hydroxylation sites is 1. The van der Waals surface area contributed by atoms with Gasteiger partial charge in [-0.05, 0) is 36.1 Å². The molecule has 0 saturated carbocycles. The van der Waals surface area contributed by atoms with Gasteiger partial charge in [0.1, 0.15) is 5.82 Å². The number of rotatable bonds is 5. The van der Waals surface area contributed by atoms with Crippen LogP contribution in [0, 0.1) is 5.82 Å². The first kappa shape index (κ1) is 25.3. The van der Waals surface area contributed by atoms with E-state index in [0.717, 1.165) is 58.1 Å². The summed E-state index contributed by atoms with van der Waals surface area (Å²) < 4.78 is 14.1. The summed E-state index contributed by atoms with van der Waals surface area (Å²) in [6, 6.07) is 15.3. The second-order valence-electron chi connectivity index (χ2n) is 8.34. The Bertz CT molecular complexity index is 961. The summed E-state index contributed by atoms with van der Waals surface area (Å²) in [5.74, 6) is 0.887. The van der Waals surface area contributed by atoms with Crippen molar-refractivity contribution in [2.24, 2.45) is 4.99 Å². The molecule has 2 aromatic rings. The Balaban J connectivity index is 0.00000306. The predicted octanol–water partition coefficient (Wildman–Crippen LogP) is 3.51. The van der Waals surface area contributed by atoms with E-state index in [0.29, 0.717) is 18.7 Å². The van der Waals surface area contributed by atoms with Crippen LogP contribution in [0.1, 0.15) is 24.0 Å². The summed E-state index contributed by atoms with van der Waals surface area (Å²) >= 11 is 0. The Hall–Kier alpha value is -2.36. The van der Waals surface area contributed by atoms with E-state index in [1.807, 2.05) is 23.1 Å². The fraction of sp³-hybridized carbons (Fsp3) is 0.440. The Morgan fingerprint density at radius 2 is 1.67 bits per heavy atom. The molecule has 0 unspecified atom stereocenters. The van der Waals surface area contributed by atoms with Crippen molar-refractivity contribution in [2.45, 2.75) is 25.8 Å². The summed E-state index contributed by atoms with van der Waals surface area (Å²) in [6.07, 6.45) is 2.24. The van der Waals surface area contributed by atoms with Gasteiger partial charge in [0.05, 0.1) is 5.69 Å². The largest absolute Gasteiger partial charge is 0.366 e. The summed E-state index contributed by atoms with van der Waals surface area (Å²) in [4.78, 5) is 23.3. The maximum atomic E-state index is 14.1. The lowest BCUT2D eigenvalue weighted by Crippen LogP contribution is -2.52. The number of halogens is 2. The first-order chi connectivity index (χ1) is 15.7. The number of piperazine rings is 1. The number of nitrogens with zero attached hydrogens (tertiary/aromatic N) is 4. The predicted molar refractivity (Wildman–Crippen MR) is 142 cm³/mol. The molecular formula is C25H33FIN5O. The maximum Gasteiger partial charge on any atom is 0.222 e. The average Bonchev–Trinajstić information content (AvgIpc) is 2.84. The second kappa shape index (κ2) is 12.2. The van der Waals surface area contributed by atoms with Crippen molar-refractivity contribution in [3.63, 3.8) is 0 Å². The molecule has 0 spiro atoms. The molecule has 2 aliphatic rings. The zero-order chi connectivity index (χ0) is 22.3. The van der Waals surface area contributed by atoms with Gasteiger partial charge in [-0.25, -0.2) is 4.39 Å². The number of carbonyl (C=O) groups is 1. The summed E-state index contributed by atoms with van der Waals surface area (Å²) in [5.41, 5.74) is 3.28. The van der Waals surface area contributed by atoms with Gasteiger partial charge in [-0.2, -0.15) is 0 Å². The number of nitrogens with one attached hydrogen (secondary N) is 1. The van der Waals surface area contributed by atoms with E-state index in [-0.39, 0.29) is 35.7 Å². The van der Waals surface area contributed by atoms with Crippen LogP contribution in [0.3, 0.4) is 0 Å². The summed E-state index contributed by atoms with van der Waals surface area (Å²) in [6.45, 7) is 5.28. The van der Waals surface area contributed by atoms with Crippen LogP contribution in [-0.2, 0) is 17.8 Å². The minimum atomic E-state index is -0.176. The van der Waals surface area contributed by atoms with E-state index in [1.54, 1.807) is 13.1 Å². The van der Waals surface area contributed by atoms with Gasteiger partial charge in [-0.3, -0.25) is 9.79 Å². The molecule has 0 aliphatic carbocycles. The lowest BCUT2D eigenvalue weighted by atomic mass is 9.99. The smallest absolute Gasteiger partial charge is 0.222 e. The highest BCUT2D eigenvalue weighted by Crippen LogP contribution is 2.21. The molecule has 2 aliphatic heterocycles. The van der Waals surface area contributed by atoms with Gasteiger partial charge in [0.15, 0.2) is 5.96 Å². The molecule has 178 valence electrons. The SMILES string of the molecule is CN=C(NCCCC(=O)N1CCc2ccccc2C1)N1CCN(c2ccccc2F)CC1.I. The van der Waals surface area contributed by atoms with Gasteiger partial charge < -0.3 is 20.0 Å². The number of anilines is 1. The van der Waals surface area contributed by atoms with Crippen molar-refractivity contribution in [3.05, 3.63) is 65.5 Å². The van der Waals surface area contributed by atoms with E-state index in [1.165, 1.54) is 17.2 Å². The third kappa shape index (κ3) is 6.37. The fourth-order valence-electron chi connectivity index (χ4n) is 4.51. The minimum absolute atomic E-state index is 0. The zero-order valence-corrected chi connectivity index (χ0v) is 21.5. The van der Waals surface area contributed by atoms with Crippen LogP contribution in [0.15, 0.2) is 53.5 Å². The minimum Gasteiger partial charge on any atom is -0.366 e. The first-order valence-corrected chi connectivity index (χ1v) is 11.5. The standard InChI is InChI=1S/C25H32FN5O.HI/c1-27-25(30-17-15-29(16-18-30)23-10-5-4-9-22(23)26)28-13-6-11-24(32)31-14-12-20-7-2-3-8-21(20)19-31;/h2-5,7-10H,6,11-19H2,1H3,(H,27,28);1H. The third-order valence-electron chi connectivity index (χ3n) is 6.32. The van der Waals surface area contributed by atoms with Crippen LogP contribution >= 0.6 is 24.0 Å². The Morgan fingerprint density at radius 1 is 0.970 bits per heavy atom. The molecule has 4 rings (SSSR count). The number of amides is 1. The highest BCUT2D eigenvalue weighted by Gasteiger charge is 2.22. The molecule has 2 aromatic carbocycles. The molecule has 8 heteroatoms. The quantitative estimate of drug-likeness (QED) is 0.261. The molecule has 2 heterocycles. The average molecular weight is 565 g/mol. The normalized spacial score (nSPS) is 16.2. The molecule has 1 N–H and O–H groups in total. The lowest BCUT2D eigenvalue weighted by Gasteiger charge is -2.37. The van der Waals surface area contributed by atoms with E-state index >= 15 is 0 Å². The number of hydrogen-bond acceptors (Lipinski definition) is 3. The molecule has 0 atom stereocenters. The van der Waals surface area contributed by atoms with Crippen molar-refractivity contribution in [1.29, 1.82) is 0 Å². The van der Waals surface area contributed by atoms with Gasteiger partial charge in [0.25, 0.3) is 0 Å². The Kier molecular flexibility index (Phi) is 9.34. The Morgan fingerprint density at radius 3 is 2.39 bits per heavy atom. The molecule has 0 aromatic heterocycles.